The maximum Gasteiger partial charge on any atom is 0.326 e. The highest BCUT2D eigenvalue weighted by Crippen LogP contribution is 2.34. The van der Waals surface area contributed by atoms with Crippen LogP contribution in [-0.4, -0.2) is 53.8 Å². The minimum atomic E-state index is -0.635. The van der Waals surface area contributed by atoms with Gasteiger partial charge in [-0.05, 0) is 74.4 Å². The van der Waals surface area contributed by atoms with Gasteiger partial charge < -0.3 is 19.5 Å². The van der Waals surface area contributed by atoms with Crippen molar-refractivity contribution in [2.75, 3.05) is 25.1 Å². The molecule has 1 aliphatic rings. The van der Waals surface area contributed by atoms with Gasteiger partial charge in [-0.15, -0.1) is 0 Å². The first-order valence-corrected chi connectivity index (χ1v) is 12.7. The summed E-state index contributed by atoms with van der Waals surface area (Å²) in [5.41, 5.74) is 2.23. The predicted molar refractivity (Wildman–Crippen MR) is 141 cm³/mol. The molecule has 0 saturated carbocycles. The molecule has 1 N–H and O–H groups in total. The highest BCUT2D eigenvalue weighted by Gasteiger charge is 2.37. The number of hydrogen-bond acceptors (Lipinski definition) is 8. The Kier molecular flexibility index (Phi) is 9.73. The third-order valence-electron chi connectivity index (χ3n) is 5.41. The average Bonchev–Trinajstić information content (AvgIpc) is 3.12. The van der Waals surface area contributed by atoms with Crippen molar-refractivity contribution in [1.82, 2.24) is 4.90 Å². The molecule has 1 fully saturated rings. The van der Waals surface area contributed by atoms with Crippen molar-refractivity contribution in [2.24, 2.45) is 0 Å². The zero-order valence-electron chi connectivity index (χ0n) is 21.2. The van der Waals surface area contributed by atoms with Gasteiger partial charge in [0.2, 0.25) is 0 Å². The fraction of sp³-hybridized carbons (Fsp3) is 0.333. The SMILES string of the molecule is CCOc1cc(/C=C2\SC(=O)N(CC(=O)O[C@H](C)CC)C2=O)ccc1OCC(=O)Nc1ccccc1C. The largest absolute Gasteiger partial charge is 0.490 e. The number of amides is 3. The maximum atomic E-state index is 12.7. The number of anilines is 1. The lowest BCUT2D eigenvalue weighted by Gasteiger charge is -2.15. The van der Waals surface area contributed by atoms with E-state index in [2.05, 4.69) is 5.32 Å². The molecule has 2 aromatic rings. The minimum absolute atomic E-state index is 0.176. The predicted octanol–water partition coefficient (Wildman–Crippen LogP) is 4.79. The van der Waals surface area contributed by atoms with Crippen LogP contribution in [0.2, 0.25) is 0 Å². The number of para-hydroxylation sites is 1. The normalized spacial score (nSPS) is 15.0. The Labute approximate surface area is 220 Å². The quantitative estimate of drug-likeness (QED) is 0.329. The highest BCUT2D eigenvalue weighted by atomic mass is 32.2. The molecule has 0 spiro atoms. The lowest BCUT2D eigenvalue weighted by Crippen LogP contribution is -2.35. The van der Waals surface area contributed by atoms with Crippen LogP contribution in [0.3, 0.4) is 0 Å². The summed E-state index contributed by atoms with van der Waals surface area (Å²) in [6.07, 6.45) is 1.88. The monoisotopic (exact) mass is 526 g/mol. The summed E-state index contributed by atoms with van der Waals surface area (Å²) >= 11 is 0.749. The second-order valence-corrected chi connectivity index (χ2v) is 9.26. The van der Waals surface area contributed by atoms with Crippen molar-refractivity contribution in [3.63, 3.8) is 0 Å². The van der Waals surface area contributed by atoms with E-state index in [0.29, 0.717) is 35.8 Å². The van der Waals surface area contributed by atoms with E-state index < -0.39 is 23.7 Å². The molecular weight excluding hydrogens is 496 g/mol. The highest BCUT2D eigenvalue weighted by molar-refractivity contribution is 8.18. The number of thioether (sulfide) groups is 1. The Hall–Kier alpha value is -3.79. The first-order valence-electron chi connectivity index (χ1n) is 11.9. The second kappa shape index (κ2) is 13.0. The number of imide groups is 1. The minimum Gasteiger partial charge on any atom is -0.490 e. The molecule has 1 atom stereocenters. The van der Waals surface area contributed by atoms with Crippen LogP contribution >= 0.6 is 11.8 Å². The smallest absolute Gasteiger partial charge is 0.326 e. The van der Waals surface area contributed by atoms with Crippen molar-refractivity contribution < 1.29 is 33.4 Å². The number of hydrogen-bond donors (Lipinski definition) is 1. The fourth-order valence-corrected chi connectivity index (χ4v) is 4.14. The Morgan fingerprint density at radius 1 is 1.08 bits per heavy atom. The summed E-state index contributed by atoms with van der Waals surface area (Å²) in [5, 5.41) is 2.27. The second-order valence-electron chi connectivity index (χ2n) is 8.27. The van der Waals surface area contributed by atoms with Gasteiger partial charge in [0.05, 0.1) is 17.6 Å². The van der Waals surface area contributed by atoms with Crippen LogP contribution in [0.4, 0.5) is 10.5 Å². The van der Waals surface area contributed by atoms with Crippen LogP contribution in [-0.2, 0) is 19.1 Å². The molecule has 3 rings (SSSR count). The molecule has 0 bridgehead atoms. The van der Waals surface area contributed by atoms with Gasteiger partial charge in [0, 0.05) is 5.69 Å². The summed E-state index contributed by atoms with van der Waals surface area (Å²) in [6, 6.07) is 12.4. The zero-order valence-corrected chi connectivity index (χ0v) is 22.1. The fourth-order valence-electron chi connectivity index (χ4n) is 3.31. The zero-order chi connectivity index (χ0) is 26.9. The molecule has 3 amide bonds. The Bertz CT molecular complexity index is 1210. The van der Waals surface area contributed by atoms with Gasteiger partial charge >= 0.3 is 5.97 Å². The lowest BCUT2D eigenvalue weighted by atomic mass is 10.2. The van der Waals surface area contributed by atoms with Crippen molar-refractivity contribution in [2.45, 2.75) is 40.2 Å². The van der Waals surface area contributed by atoms with Gasteiger partial charge in [-0.2, -0.15) is 0 Å². The molecule has 1 heterocycles. The molecule has 1 saturated heterocycles. The van der Waals surface area contributed by atoms with E-state index in [9.17, 15) is 19.2 Å². The molecule has 0 aromatic heterocycles. The molecular formula is C27H30N2O7S. The van der Waals surface area contributed by atoms with E-state index in [1.165, 1.54) is 0 Å². The molecule has 0 radical (unpaired) electrons. The molecule has 196 valence electrons. The summed E-state index contributed by atoms with van der Waals surface area (Å²) in [4.78, 5) is 50.5. The average molecular weight is 527 g/mol. The van der Waals surface area contributed by atoms with Crippen LogP contribution in [0.25, 0.3) is 6.08 Å². The first-order chi connectivity index (χ1) is 17.7. The van der Waals surface area contributed by atoms with Crippen molar-refractivity contribution in [1.29, 1.82) is 0 Å². The van der Waals surface area contributed by atoms with E-state index in [0.717, 1.165) is 22.2 Å². The van der Waals surface area contributed by atoms with E-state index >= 15 is 0 Å². The number of nitrogens with zero attached hydrogens (tertiary/aromatic N) is 1. The Morgan fingerprint density at radius 2 is 1.84 bits per heavy atom. The van der Waals surface area contributed by atoms with Gasteiger partial charge in [0.1, 0.15) is 6.54 Å². The number of esters is 1. The molecule has 0 unspecified atom stereocenters. The number of rotatable bonds is 11. The van der Waals surface area contributed by atoms with E-state index in [-0.39, 0.29) is 23.5 Å². The van der Waals surface area contributed by atoms with Gasteiger partial charge in [0.15, 0.2) is 18.1 Å². The number of ether oxygens (including phenoxy) is 3. The number of carbonyl (C=O) groups excluding carboxylic acids is 4. The van der Waals surface area contributed by atoms with E-state index in [1.54, 1.807) is 31.2 Å². The molecule has 1 aliphatic heterocycles. The number of benzene rings is 2. The lowest BCUT2D eigenvalue weighted by molar-refractivity contribution is -0.150. The van der Waals surface area contributed by atoms with Crippen LogP contribution in [0.15, 0.2) is 47.4 Å². The van der Waals surface area contributed by atoms with Crippen LogP contribution in [0.5, 0.6) is 11.5 Å². The van der Waals surface area contributed by atoms with E-state index in [1.807, 2.05) is 45.0 Å². The molecule has 9 nitrogen and oxygen atoms in total. The van der Waals surface area contributed by atoms with Gasteiger partial charge in [-0.3, -0.25) is 24.1 Å². The van der Waals surface area contributed by atoms with Crippen LogP contribution in [0.1, 0.15) is 38.3 Å². The van der Waals surface area contributed by atoms with Crippen molar-refractivity contribution in [3.8, 4) is 11.5 Å². The number of aryl methyl sites for hydroxylation is 1. The van der Waals surface area contributed by atoms with E-state index in [4.69, 9.17) is 14.2 Å². The summed E-state index contributed by atoms with van der Waals surface area (Å²) in [6.45, 7) is 7.01. The number of nitrogens with one attached hydrogen (secondary N) is 1. The summed E-state index contributed by atoms with van der Waals surface area (Å²) in [5.74, 6) is -0.774. The van der Waals surface area contributed by atoms with Crippen molar-refractivity contribution in [3.05, 3.63) is 58.5 Å². The third kappa shape index (κ3) is 7.60. The molecule has 0 aliphatic carbocycles. The molecule has 37 heavy (non-hydrogen) atoms. The van der Waals surface area contributed by atoms with Gasteiger partial charge in [-0.1, -0.05) is 31.2 Å². The summed E-state index contributed by atoms with van der Waals surface area (Å²) in [7, 11) is 0. The Morgan fingerprint density at radius 3 is 2.54 bits per heavy atom. The van der Waals surface area contributed by atoms with Crippen LogP contribution in [0, 0.1) is 6.92 Å². The van der Waals surface area contributed by atoms with Crippen molar-refractivity contribution >= 4 is 46.5 Å². The third-order valence-corrected chi connectivity index (χ3v) is 6.32. The van der Waals surface area contributed by atoms with Gasteiger partial charge in [0.25, 0.3) is 17.1 Å². The maximum absolute atomic E-state index is 12.7. The summed E-state index contributed by atoms with van der Waals surface area (Å²) < 4.78 is 16.5. The number of carbonyl (C=O) groups is 4. The molecule has 2 aromatic carbocycles. The van der Waals surface area contributed by atoms with Crippen LogP contribution < -0.4 is 14.8 Å². The Balaban J connectivity index is 1.68. The molecule has 10 heteroatoms. The standard InChI is InChI=1S/C27H30N2O7S/c1-5-18(4)36-25(31)15-29-26(32)23(37-27(29)33)14-19-11-12-21(22(13-19)34-6-2)35-16-24(30)28-20-10-8-7-9-17(20)3/h7-14,18H,5-6,15-16H2,1-4H3,(H,28,30)/b23-14-/t18-/m1/s1. The topological polar surface area (TPSA) is 111 Å². The first kappa shape index (κ1) is 27.8. The van der Waals surface area contributed by atoms with Gasteiger partial charge in [-0.25, -0.2) is 0 Å².